The summed E-state index contributed by atoms with van der Waals surface area (Å²) in [5.74, 6) is -0.0213. The van der Waals surface area contributed by atoms with Gasteiger partial charge >= 0.3 is 6.18 Å². The molecule has 2 amide bonds. The molecule has 0 saturated carbocycles. The minimum Gasteiger partial charge on any atom is -0.484 e. The molecule has 2 aromatic heterocycles. The molecule has 12 heteroatoms. The zero-order chi connectivity index (χ0) is 28.3. The van der Waals surface area contributed by atoms with E-state index >= 15 is 0 Å². The van der Waals surface area contributed by atoms with E-state index < -0.39 is 24.7 Å². The van der Waals surface area contributed by atoms with Gasteiger partial charge in [0, 0.05) is 29.2 Å². The number of hydrogen-bond donors (Lipinski definition) is 3. The molecule has 39 heavy (non-hydrogen) atoms. The summed E-state index contributed by atoms with van der Waals surface area (Å²) < 4.78 is 43.9. The fraction of sp³-hybridized carbons (Fsp3) is 0.185. The first-order valence-corrected chi connectivity index (χ1v) is 11.7. The van der Waals surface area contributed by atoms with Gasteiger partial charge in [-0.3, -0.25) is 14.0 Å². The van der Waals surface area contributed by atoms with Gasteiger partial charge in [0.05, 0.1) is 6.04 Å². The lowest BCUT2D eigenvalue weighted by Gasteiger charge is -2.13. The predicted octanol–water partition coefficient (Wildman–Crippen LogP) is 4.84. The van der Waals surface area contributed by atoms with Crippen LogP contribution < -0.4 is 21.1 Å². The number of rotatable bonds is 8. The molecule has 9 nitrogen and oxygen atoms in total. The Hall–Kier alpha value is -4.87. The number of nitrogens with two attached hydrogens (primary N) is 1. The van der Waals surface area contributed by atoms with Gasteiger partial charge in [-0.25, -0.2) is 9.97 Å². The maximum absolute atomic E-state index is 13.0. The number of carbonyl (C=O) groups is 2. The number of amides is 2. The van der Waals surface area contributed by atoms with E-state index in [0.29, 0.717) is 39.4 Å². The normalized spacial score (nSPS) is 12.1. The third-order valence-corrected chi connectivity index (χ3v) is 5.76. The van der Waals surface area contributed by atoms with Gasteiger partial charge in [-0.2, -0.15) is 13.2 Å². The van der Waals surface area contributed by atoms with Crippen molar-refractivity contribution in [3.05, 3.63) is 84.5 Å². The van der Waals surface area contributed by atoms with E-state index in [0.717, 1.165) is 6.08 Å². The first-order valence-electron chi connectivity index (χ1n) is 11.7. The maximum Gasteiger partial charge on any atom is 0.422 e. The van der Waals surface area contributed by atoms with Crippen LogP contribution in [0.2, 0.25) is 0 Å². The first kappa shape index (κ1) is 27.2. The fourth-order valence-corrected chi connectivity index (χ4v) is 3.99. The van der Waals surface area contributed by atoms with E-state index in [-0.39, 0.29) is 17.5 Å². The number of alkyl halides is 3. The van der Waals surface area contributed by atoms with Crippen LogP contribution in [0, 0.1) is 6.92 Å². The highest BCUT2D eigenvalue weighted by molar-refractivity contribution is 6.05. The van der Waals surface area contributed by atoms with Crippen molar-refractivity contribution >= 4 is 28.8 Å². The highest BCUT2D eigenvalue weighted by Crippen LogP contribution is 2.31. The average molecular weight is 539 g/mol. The molecule has 0 aliphatic carbocycles. The number of aromatic nitrogens is 3. The molecule has 0 spiro atoms. The van der Waals surface area contributed by atoms with Crippen molar-refractivity contribution in [1.29, 1.82) is 0 Å². The van der Waals surface area contributed by atoms with Crippen molar-refractivity contribution in [2.75, 3.05) is 17.7 Å². The van der Waals surface area contributed by atoms with Gasteiger partial charge in [-0.05, 0) is 55.8 Å². The molecule has 0 fully saturated rings. The second-order valence-electron chi connectivity index (χ2n) is 8.70. The molecule has 0 aliphatic heterocycles. The van der Waals surface area contributed by atoms with Gasteiger partial charge in [0.2, 0.25) is 5.91 Å². The maximum atomic E-state index is 13.0. The quantitative estimate of drug-likeness (QED) is 0.276. The lowest BCUT2D eigenvalue weighted by molar-refractivity contribution is -0.153. The molecule has 2 heterocycles. The summed E-state index contributed by atoms with van der Waals surface area (Å²) in [6.45, 7) is 5.41. The van der Waals surface area contributed by atoms with Crippen LogP contribution in [0.4, 0.5) is 24.7 Å². The molecule has 202 valence electrons. The fourth-order valence-electron chi connectivity index (χ4n) is 3.99. The monoisotopic (exact) mass is 538 g/mol. The van der Waals surface area contributed by atoms with Gasteiger partial charge in [-0.1, -0.05) is 18.7 Å². The third kappa shape index (κ3) is 6.17. The molecule has 2 aromatic carbocycles. The Morgan fingerprint density at radius 1 is 1.23 bits per heavy atom. The molecule has 0 aliphatic rings. The number of ether oxygens (including phenoxy) is 1. The number of nitrogen functional groups attached to an aromatic ring is 1. The number of aryl methyl sites for hydroxylation is 1. The SMILES string of the molecule is C=CC(=O)N[C@@H](C)c1nc(-c2cccc(C(=O)Nc3ccc(OCC(F)(F)F)c(C)c3)c2)c2c(N)nccn12. The number of halogens is 3. The number of imidazole rings is 1. The van der Waals surface area contributed by atoms with Crippen molar-refractivity contribution in [2.45, 2.75) is 26.1 Å². The second-order valence-corrected chi connectivity index (χ2v) is 8.70. The molecule has 0 unspecified atom stereocenters. The number of anilines is 2. The van der Waals surface area contributed by atoms with Crippen LogP contribution in [0.5, 0.6) is 5.75 Å². The Balaban J connectivity index is 1.62. The van der Waals surface area contributed by atoms with Crippen LogP contribution in [0.3, 0.4) is 0 Å². The van der Waals surface area contributed by atoms with Crippen molar-refractivity contribution in [2.24, 2.45) is 0 Å². The molecule has 0 radical (unpaired) electrons. The summed E-state index contributed by atoms with van der Waals surface area (Å²) in [5.41, 5.74) is 8.86. The Labute approximate surface area is 221 Å². The van der Waals surface area contributed by atoms with Crippen LogP contribution >= 0.6 is 0 Å². The van der Waals surface area contributed by atoms with Crippen molar-refractivity contribution in [1.82, 2.24) is 19.7 Å². The Morgan fingerprint density at radius 2 is 2.00 bits per heavy atom. The van der Waals surface area contributed by atoms with Gasteiger partial charge in [0.1, 0.15) is 28.6 Å². The minimum atomic E-state index is -4.45. The molecular weight excluding hydrogens is 513 g/mol. The van der Waals surface area contributed by atoms with Crippen molar-refractivity contribution < 1.29 is 27.5 Å². The molecule has 0 bridgehead atoms. The van der Waals surface area contributed by atoms with Crippen molar-refractivity contribution in [3.63, 3.8) is 0 Å². The lowest BCUT2D eigenvalue weighted by atomic mass is 10.1. The number of benzene rings is 2. The highest BCUT2D eigenvalue weighted by Gasteiger charge is 2.28. The summed E-state index contributed by atoms with van der Waals surface area (Å²) in [5, 5.41) is 5.51. The van der Waals surface area contributed by atoms with Gasteiger partial charge in [-0.15, -0.1) is 0 Å². The third-order valence-electron chi connectivity index (χ3n) is 5.76. The zero-order valence-corrected chi connectivity index (χ0v) is 21.0. The van der Waals surface area contributed by atoms with E-state index in [9.17, 15) is 22.8 Å². The molecule has 4 N–H and O–H groups in total. The zero-order valence-electron chi connectivity index (χ0n) is 21.0. The molecule has 1 atom stereocenters. The van der Waals surface area contributed by atoms with Crippen LogP contribution in [-0.2, 0) is 4.79 Å². The predicted molar refractivity (Wildman–Crippen MR) is 140 cm³/mol. The number of carbonyl (C=O) groups excluding carboxylic acids is 2. The summed E-state index contributed by atoms with van der Waals surface area (Å²) in [7, 11) is 0. The van der Waals surface area contributed by atoms with E-state index in [1.165, 1.54) is 24.4 Å². The van der Waals surface area contributed by atoms with E-state index in [1.54, 1.807) is 48.7 Å². The summed E-state index contributed by atoms with van der Waals surface area (Å²) >= 11 is 0. The van der Waals surface area contributed by atoms with Crippen LogP contribution in [0.15, 0.2) is 67.5 Å². The number of fused-ring (bicyclic) bond motifs is 1. The summed E-state index contributed by atoms with van der Waals surface area (Å²) in [4.78, 5) is 33.8. The number of nitrogens with zero attached hydrogens (tertiary/aromatic N) is 3. The van der Waals surface area contributed by atoms with Crippen LogP contribution in [-0.4, -0.2) is 39.0 Å². The largest absolute Gasteiger partial charge is 0.484 e. The Morgan fingerprint density at radius 3 is 2.69 bits per heavy atom. The van der Waals surface area contributed by atoms with E-state index in [4.69, 9.17) is 15.5 Å². The second kappa shape index (κ2) is 10.9. The highest BCUT2D eigenvalue weighted by atomic mass is 19.4. The van der Waals surface area contributed by atoms with Crippen molar-refractivity contribution in [3.8, 4) is 17.0 Å². The smallest absolute Gasteiger partial charge is 0.422 e. The van der Waals surface area contributed by atoms with E-state index in [2.05, 4.69) is 22.2 Å². The minimum absolute atomic E-state index is 0.0690. The molecule has 4 rings (SSSR count). The molecule has 4 aromatic rings. The Bertz CT molecular complexity index is 1560. The molecular formula is C27H25F3N6O3. The van der Waals surface area contributed by atoms with Gasteiger partial charge in [0.15, 0.2) is 6.61 Å². The van der Waals surface area contributed by atoms with Crippen LogP contribution in [0.25, 0.3) is 16.8 Å². The summed E-state index contributed by atoms with van der Waals surface area (Å²) in [6.07, 6.45) is -0.0979. The number of hydrogen-bond acceptors (Lipinski definition) is 6. The lowest BCUT2D eigenvalue weighted by Crippen LogP contribution is -2.26. The topological polar surface area (TPSA) is 124 Å². The van der Waals surface area contributed by atoms with Crippen LogP contribution in [0.1, 0.15) is 34.7 Å². The van der Waals surface area contributed by atoms with Gasteiger partial charge in [0.25, 0.3) is 5.91 Å². The molecule has 0 saturated heterocycles. The summed E-state index contributed by atoms with van der Waals surface area (Å²) in [6, 6.07) is 10.6. The number of nitrogens with one attached hydrogen (secondary N) is 2. The van der Waals surface area contributed by atoms with Gasteiger partial charge < -0.3 is 21.1 Å². The first-order chi connectivity index (χ1) is 18.5. The Kier molecular flexibility index (Phi) is 7.56. The standard InChI is InChI=1S/C27H25F3N6O3/c1-4-21(37)33-16(3)25-35-22(23-24(31)32-10-11-36(23)25)17-6-5-7-18(13-17)26(38)34-19-8-9-20(15(2)12-19)39-14-27(28,29)30/h4-13,16H,1,14H2,2-3H3,(H2,31,32)(H,33,37)(H,34,38)/t16-/m0/s1. The average Bonchev–Trinajstić information content (AvgIpc) is 3.29. The van der Waals surface area contributed by atoms with E-state index in [1.807, 2.05) is 0 Å².